The Kier molecular flexibility index (Phi) is 4.15. The van der Waals surface area contributed by atoms with Crippen molar-refractivity contribution in [2.45, 2.75) is 54.1 Å². The maximum absolute atomic E-state index is 11.9. The van der Waals surface area contributed by atoms with Crippen LogP contribution in [-0.4, -0.2) is 17.9 Å². The molecule has 0 aromatic rings. The number of esters is 1. The van der Waals surface area contributed by atoms with E-state index in [2.05, 4.69) is 0 Å². The summed E-state index contributed by atoms with van der Waals surface area (Å²) in [5, 5.41) is 0. The van der Waals surface area contributed by atoms with Crippen LogP contribution in [0.3, 0.4) is 0 Å². The van der Waals surface area contributed by atoms with Gasteiger partial charge in [-0.3, -0.25) is 9.59 Å². The monoisotopic (exact) mass is 250 g/mol. The molecular weight excluding hydrogens is 228 g/mol. The molecule has 0 fully saturated rings. The van der Waals surface area contributed by atoms with Gasteiger partial charge in [0, 0.05) is 12.0 Å². The van der Waals surface area contributed by atoms with Gasteiger partial charge >= 0.3 is 5.97 Å². The smallest absolute Gasteiger partial charge is 0.311 e. The van der Waals surface area contributed by atoms with Crippen molar-refractivity contribution < 1.29 is 14.3 Å². The lowest BCUT2D eigenvalue weighted by Gasteiger charge is -2.27. The molecule has 0 N–H and O–H groups in total. The fourth-order valence-electron chi connectivity index (χ4n) is 1.72. The predicted molar refractivity (Wildman–Crippen MR) is 71.1 cm³/mol. The molecule has 18 heavy (non-hydrogen) atoms. The second kappa shape index (κ2) is 5.09. The zero-order valence-electron chi connectivity index (χ0n) is 12.1. The van der Waals surface area contributed by atoms with Gasteiger partial charge in [-0.05, 0) is 53.2 Å². The van der Waals surface area contributed by atoms with E-state index in [-0.39, 0.29) is 17.9 Å². The van der Waals surface area contributed by atoms with E-state index in [1.165, 1.54) is 0 Å². The molecule has 0 amide bonds. The van der Waals surface area contributed by atoms with Crippen molar-refractivity contribution in [3.63, 3.8) is 0 Å². The van der Waals surface area contributed by atoms with Crippen LogP contribution in [0.25, 0.3) is 0 Å². The molecule has 0 saturated carbocycles. The van der Waals surface area contributed by atoms with Gasteiger partial charge < -0.3 is 4.74 Å². The van der Waals surface area contributed by atoms with Crippen molar-refractivity contribution >= 4 is 11.8 Å². The highest BCUT2D eigenvalue weighted by Gasteiger charge is 2.30. The molecule has 0 radical (unpaired) electrons. The number of hydrogen-bond donors (Lipinski definition) is 0. The summed E-state index contributed by atoms with van der Waals surface area (Å²) in [5.41, 5.74) is 2.04. The van der Waals surface area contributed by atoms with Gasteiger partial charge in [0.15, 0.2) is 5.78 Å². The third-order valence-electron chi connectivity index (χ3n) is 3.02. The van der Waals surface area contributed by atoms with Crippen molar-refractivity contribution in [1.29, 1.82) is 0 Å². The van der Waals surface area contributed by atoms with Crippen molar-refractivity contribution in [3.8, 4) is 0 Å². The number of hydrogen-bond acceptors (Lipinski definition) is 3. The molecule has 3 heteroatoms. The first-order chi connectivity index (χ1) is 8.12. The van der Waals surface area contributed by atoms with Crippen LogP contribution in [0.15, 0.2) is 22.8 Å². The number of carbonyl (C=O) groups is 2. The summed E-state index contributed by atoms with van der Waals surface area (Å²) in [5.74, 6) is -0.196. The Morgan fingerprint density at radius 3 is 2.33 bits per heavy atom. The summed E-state index contributed by atoms with van der Waals surface area (Å²) in [4.78, 5) is 23.7. The van der Waals surface area contributed by atoms with Crippen LogP contribution in [0.4, 0.5) is 0 Å². The molecule has 0 bridgehead atoms. The number of ether oxygens (including phenoxy) is 1. The standard InChI is InChI=1S/C15H22O3/c1-9(2)11-8-13(10(3)7-12(11)16)18-14(17)15(4,5)6/h7,13H,8H2,1-6H3/t13-/m1/s1. The van der Waals surface area contributed by atoms with E-state index < -0.39 is 5.41 Å². The molecule has 0 aromatic carbocycles. The Hall–Kier alpha value is -1.38. The minimum atomic E-state index is -0.521. The van der Waals surface area contributed by atoms with E-state index in [9.17, 15) is 9.59 Å². The van der Waals surface area contributed by atoms with Crippen molar-refractivity contribution in [2.24, 2.45) is 5.41 Å². The van der Waals surface area contributed by atoms with E-state index in [0.29, 0.717) is 6.42 Å². The van der Waals surface area contributed by atoms with Gasteiger partial charge in [0.1, 0.15) is 6.10 Å². The van der Waals surface area contributed by atoms with Gasteiger partial charge in [-0.15, -0.1) is 0 Å². The molecule has 0 saturated heterocycles. The minimum Gasteiger partial charge on any atom is -0.457 e. The summed E-state index contributed by atoms with van der Waals surface area (Å²) in [6.07, 6.45) is 1.76. The lowest BCUT2D eigenvalue weighted by molar-refractivity contribution is -0.157. The second-order valence-corrected chi connectivity index (χ2v) is 6.08. The molecule has 1 aliphatic rings. The minimum absolute atomic E-state index is 0.0376. The van der Waals surface area contributed by atoms with Crippen LogP contribution in [-0.2, 0) is 14.3 Å². The van der Waals surface area contributed by atoms with Crippen LogP contribution in [0.5, 0.6) is 0 Å². The average molecular weight is 250 g/mol. The molecule has 0 heterocycles. The zero-order valence-corrected chi connectivity index (χ0v) is 12.1. The number of rotatable bonds is 1. The molecule has 3 nitrogen and oxygen atoms in total. The van der Waals surface area contributed by atoms with Crippen LogP contribution in [0.2, 0.25) is 0 Å². The van der Waals surface area contributed by atoms with E-state index in [1.807, 2.05) is 41.5 Å². The number of ketones is 1. The lowest BCUT2D eigenvalue weighted by atomic mass is 9.89. The van der Waals surface area contributed by atoms with Gasteiger partial charge in [0.2, 0.25) is 0 Å². The van der Waals surface area contributed by atoms with E-state index in [1.54, 1.807) is 6.08 Å². The summed E-state index contributed by atoms with van der Waals surface area (Å²) in [7, 11) is 0. The molecule has 1 aliphatic carbocycles. The first kappa shape index (κ1) is 14.7. The summed E-state index contributed by atoms with van der Waals surface area (Å²) in [6, 6.07) is 0. The van der Waals surface area contributed by atoms with Gasteiger partial charge in [-0.1, -0.05) is 5.57 Å². The zero-order chi connectivity index (χ0) is 14.1. The molecule has 1 rings (SSSR count). The topological polar surface area (TPSA) is 43.4 Å². The Morgan fingerprint density at radius 1 is 1.33 bits per heavy atom. The van der Waals surface area contributed by atoms with Crippen LogP contribution >= 0.6 is 0 Å². The maximum Gasteiger partial charge on any atom is 0.311 e. The molecule has 1 atom stereocenters. The molecule has 0 spiro atoms. The highest BCUT2D eigenvalue weighted by atomic mass is 16.5. The van der Waals surface area contributed by atoms with Crippen LogP contribution in [0, 0.1) is 5.41 Å². The lowest BCUT2D eigenvalue weighted by Crippen LogP contribution is -2.31. The SMILES string of the molecule is CC1=CC(=O)C(=C(C)C)C[C@H]1OC(=O)C(C)(C)C. The van der Waals surface area contributed by atoms with E-state index >= 15 is 0 Å². The fourth-order valence-corrected chi connectivity index (χ4v) is 1.72. The van der Waals surface area contributed by atoms with Crippen molar-refractivity contribution in [3.05, 3.63) is 22.8 Å². The predicted octanol–water partition coefficient (Wildman–Crippen LogP) is 3.20. The fraction of sp³-hybridized carbons (Fsp3) is 0.600. The molecule has 0 aliphatic heterocycles. The van der Waals surface area contributed by atoms with Crippen molar-refractivity contribution in [1.82, 2.24) is 0 Å². The third-order valence-corrected chi connectivity index (χ3v) is 3.02. The highest BCUT2D eigenvalue weighted by Crippen LogP contribution is 2.28. The van der Waals surface area contributed by atoms with Gasteiger partial charge in [-0.2, -0.15) is 0 Å². The summed E-state index contributed by atoms with van der Waals surface area (Å²) in [6.45, 7) is 11.1. The molecule has 100 valence electrons. The Morgan fingerprint density at radius 2 is 1.89 bits per heavy atom. The van der Waals surface area contributed by atoms with Gasteiger partial charge in [0.25, 0.3) is 0 Å². The summed E-state index contributed by atoms with van der Waals surface area (Å²) < 4.78 is 5.50. The molecular formula is C15H22O3. The van der Waals surface area contributed by atoms with Gasteiger partial charge in [-0.25, -0.2) is 0 Å². The maximum atomic E-state index is 11.9. The summed E-state index contributed by atoms with van der Waals surface area (Å²) >= 11 is 0. The number of carbonyl (C=O) groups excluding carboxylic acids is 2. The Bertz CT molecular complexity index is 429. The first-order valence-electron chi connectivity index (χ1n) is 6.23. The average Bonchev–Trinajstić information content (AvgIpc) is 2.19. The van der Waals surface area contributed by atoms with Crippen LogP contribution in [0.1, 0.15) is 48.0 Å². The Labute approximate surface area is 109 Å². The number of allylic oxidation sites excluding steroid dienone is 2. The largest absolute Gasteiger partial charge is 0.457 e. The molecule has 0 aromatic heterocycles. The molecule has 0 unspecified atom stereocenters. The second-order valence-electron chi connectivity index (χ2n) is 6.08. The highest BCUT2D eigenvalue weighted by molar-refractivity contribution is 6.06. The quantitative estimate of drug-likeness (QED) is 0.530. The van der Waals surface area contributed by atoms with E-state index in [0.717, 1.165) is 16.7 Å². The van der Waals surface area contributed by atoms with Crippen molar-refractivity contribution in [2.75, 3.05) is 0 Å². The normalized spacial score (nSPS) is 20.6. The van der Waals surface area contributed by atoms with Crippen LogP contribution < -0.4 is 0 Å². The first-order valence-corrected chi connectivity index (χ1v) is 6.23. The van der Waals surface area contributed by atoms with E-state index in [4.69, 9.17) is 4.74 Å². The van der Waals surface area contributed by atoms with Gasteiger partial charge in [0.05, 0.1) is 5.41 Å². The Balaban J connectivity index is 2.92. The third kappa shape index (κ3) is 3.31.